The number of carbonyl (C=O) groups is 2. The van der Waals surface area contributed by atoms with Gasteiger partial charge in [0.25, 0.3) is 0 Å². The van der Waals surface area contributed by atoms with Crippen LogP contribution in [-0.2, 0) is 14.3 Å². The van der Waals surface area contributed by atoms with E-state index in [-0.39, 0.29) is 24.9 Å². The maximum atomic E-state index is 13.2. The van der Waals surface area contributed by atoms with Crippen LogP contribution in [0.3, 0.4) is 0 Å². The maximum absolute atomic E-state index is 13.2. The average Bonchev–Trinajstić information content (AvgIpc) is 3.26. The number of esters is 1. The van der Waals surface area contributed by atoms with E-state index < -0.39 is 18.2 Å². The van der Waals surface area contributed by atoms with Crippen molar-refractivity contribution < 1.29 is 24.5 Å². The van der Waals surface area contributed by atoms with Gasteiger partial charge >= 0.3 is 5.97 Å². The molecule has 0 aliphatic rings. The van der Waals surface area contributed by atoms with Crippen LogP contribution in [-0.4, -0.2) is 46.9 Å². The minimum atomic E-state index is -0.794. The summed E-state index contributed by atoms with van der Waals surface area (Å²) in [7, 11) is 0. The second kappa shape index (κ2) is 50.1. The summed E-state index contributed by atoms with van der Waals surface area (Å²) in [6, 6.07) is -0.710. The van der Waals surface area contributed by atoms with Crippen LogP contribution in [0.5, 0.6) is 0 Å². The second-order valence-corrected chi connectivity index (χ2v) is 18.7. The Morgan fingerprint density at radius 3 is 1.29 bits per heavy atom. The van der Waals surface area contributed by atoms with Gasteiger partial charge in [-0.05, 0) is 77.0 Å². The Morgan fingerprint density at radius 1 is 0.468 bits per heavy atom. The van der Waals surface area contributed by atoms with Gasteiger partial charge in [0, 0.05) is 6.42 Å². The van der Waals surface area contributed by atoms with E-state index in [0.717, 1.165) is 77.0 Å². The number of rotatable bonds is 49. The summed E-state index contributed by atoms with van der Waals surface area (Å²) >= 11 is 0. The molecule has 6 nitrogen and oxygen atoms in total. The fraction of sp³-hybridized carbons (Fsp3) is 0.857. The molecule has 1 amide bonds. The molecule has 3 N–H and O–H groups in total. The van der Waals surface area contributed by atoms with Gasteiger partial charge in [0.15, 0.2) is 0 Å². The van der Waals surface area contributed by atoms with Crippen LogP contribution in [0.1, 0.15) is 284 Å². The van der Waals surface area contributed by atoms with Crippen molar-refractivity contribution in [2.75, 3.05) is 6.61 Å². The van der Waals surface area contributed by atoms with Crippen LogP contribution >= 0.6 is 0 Å². The van der Waals surface area contributed by atoms with Crippen molar-refractivity contribution in [3.8, 4) is 0 Å². The summed E-state index contributed by atoms with van der Waals surface area (Å²) in [5, 5.41) is 23.8. The van der Waals surface area contributed by atoms with Gasteiger partial charge in [0.05, 0.1) is 25.2 Å². The first kappa shape index (κ1) is 60.1. The fourth-order valence-corrected chi connectivity index (χ4v) is 8.30. The lowest BCUT2D eigenvalue weighted by molar-refractivity contribution is -0.151. The minimum absolute atomic E-state index is 0.0588. The minimum Gasteiger partial charge on any atom is -0.462 e. The molecule has 6 heteroatoms. The van der Waals surface area contributed by atoms with E-state index in [1.54, 1.807) is 0 Å². The van der Waals surface area contributed by atoms with Gasteiger partial charge in [-0.25, -0.2) is 0 Å². The number of nitrogens with one attached hydrogen (secondary N) is 1. The Kier molecular flexibility index (Phi) is 48.5. The molecule has 3 atom stereocenters. The number of ether oxygens (including phenoxy) is 1. The Balaban J connectivity index is 4.59. The molecule has 0 spiro atoms. The van der Waals surface area contributed by atoms with E-state index in [4.69, 9.17) is 4.74 Å². The van der Waals surface area contributed by atoms with Crippen molar-refractivity contribution in [2.24, 2.45) is 0 Å². The first-order valence-electron chi connectivity index (χ1n) is 27.2. The molecule has 0 saturated carbocycles. The van der Waals surface area contributed by atoms with Gasteiger partial charge in [0.1, 0.15) is 6.10 Å². The van der Waals surface area contributed by atoms with Crippen LogP contribution < -0.4 is 5.32 Å². The molecule has 62 heavy (non-hydrogen) atoms. The average molecular weight is 872 g/mol. The molecule has 0 aromatic heterocycles. The van der Waals surface area contributed by atoms with E-state index in [1.807, 2.05) is 0 Å². The number of carbonyl (C=O) groups excluding carboxylic acids is 2. The number of amides is 1. The van der Waals surface area contributed by atoms with E-state index in [0.29, 0.717) is 19.3 Å². The lowest BCUT2D eigenvalue weighted by Crippen LogP contribution is -2.46. The standard InChI is InChI=1S/C56H105NO5/c1-4-7-10-13-16-19-22-25-27-29-30-32-35-38-41-44-47-52(62-56(61)49-46-43-40-37-34-24-21-18-15-12-9-6-3)50-55(60)57-53(51-58)54(59)48-45-42-39-36-33-31-28-26-23-20-17-14-11-8-5-2/h18,21,27,29-30,32,52-54,58-59H,4-17,19-20,22-26,28,31,33-51H2,1-3H3,(H,57,60)/b21-18-,29-27+,32-30+. The van der Waals surface area contributed by atoms with Crippen LogP contribution in [0.25, 0.3) is 0 Å². The van der Waals surface area contributed by atoms with Crippen molar-refractivity contribution >= 4 is 11.9 Å². The summed E-state index contributed by atoms with van der Waals surface area (Å²) in [4.78, 5) is 26.2. The highest BCUT2D eigenvalue weighted by Gasteiger charge is 2.24. The molecule has 3 unspecified atom stereocenters. The molecule has 0 fully saturated rings. The smallest absolute Gasteiger partial charge is 0.306 e. The molecule has 0 aromatic carbocycles. The predicted octanol–water partition coefficient (Wildman–Crippen LogP) is 16.5. The number of hydrogen-bond acceptors (Lipinski definition) is 5. The SMILES string of the molecule is CCCCC/C=C\CCCCCCCC(=O)OC(CCCCC/C=C/C=C/CCCCCCCCC)CC(=O)NC(CO)C(O)CCCCCCCCCCCCCCCCC. The molecule has 0 bridgehead atoms. The molecule has 0 aromatic rings. The number of hydrogen-bond donors (Lipinski definition) is 3. The van der Waals surface area contributed by atoms with E-state index in [2.05, 4.69) is 62.5 Å². The van der Waals surface area contributed by atoms with Crippen LogP contribution in [0.4, 0.5) is 0 Å². The summed E-state index contributed by atoms with van der Waals surface area (Å²) in [5.41, 5.74) is 0. The zero-order valence-electron chi connectivity index (χ0n) is 41.5. The van der Waals surface area contributed by atoms with Crippen LogP contribution in [0.2, 0.25) is 0 Å². The van der Waals surface area contributed by atoms with Gasteiger partial charge in [-0.3, -0.25) is 9.59 Å². The van der Waals surface area contributed by atoms with Crippen molar-refractivity contribution in [2.45, 2.75) is 302 Å². The summed E-state index contributed by atoms with van der Waals surface area (Å²) in [6.07, 6.45) is 59.2. The largest absolute Gasteiger partial charge is 0.462 e. The van der Waals surface area contributed by atoms with Gasteiger partial charge in [-0.15, -0.1) is 0 Å². The molecular formula is C56H105NO5. The molecule has 0 aliphatic carbocycles. The molecule has 0 aliphatic heterocycles. The summed E-state index contributed by atoms with van der Waals surface area (Å²) < 4.78 is 5.92. The molecule has 0 saturated heterocycles. The van der Waals surface area contributed by atoms with E-state index in [1.165, 1.54) is 161 Å². The second-order valence-electron chi connectivity index (χ2n) is 18.7. The first-order chi connectivity index (χ1) is 30.5. The Bertz CT molecular complexity index is 1020. The molecule has 0 rings (SSSR count). The predicted molar refractivity (Wildman–Crippen MR) is 269 cm³/mol. The molecule has 0 heterocycles. The third-order valence-electron chi connectivity index (χ3n) is 12.5. The Morgan fingerprint density at radius 2 is 0.823 bits per heavy atom. The molecule has 0 radical (unpaired) electrons. The fourth-order valence-electron chi connectivity index (χ4n) is 8.30. The summed E-state index contributed by atoms with van der Waals surface area (Å²) in [5.74, 6) is -0.501. The maximum Gasteiger partial charge on any atom is 0.306 e. The van der Waals surface area contributed by atoms with Crippen molar-refractivity contribution in [3.05, 3.63) is 36.5 Å². The Hall–Kier alpha value is -1.92. The van der Waals surface area contributed by atoms with Crippen LogP contribution in [0.15, 0.2) is 36.5 Å². The summed E-state index contributed by atoms with van der Waals surface area (Å²) in [6.45, 7) is 6.47. The molecular weight excluding hydrogens is 767 g/mol. The van der Waals surface area contributed by atoms with Crippen molar-refractivity contribution in [1.29, 1.82) is 0 Å². The van der Waals surface area contributed by atoms with Crippen molar-refractivity contribution in [3.63, 3.8) is 0 Å². The highest BCUT2D eigenvalue weighted by Crippen LogP contribution is 2.18. The molecule has 364 valence electrons. The zero-order chi connectivity index (χ0) is 45.2. The van der Waals surface area contributed by atoms with Gasteiger partial charge in [0.2, 0.25) is 5.91 Å². The van der Waals surface area contributed by atoms with E-state index in [9.17, 15) is 19.8 Å². The van der Waals surface area contributed by atoms with Gasteiger partial charge in [-0.2, -0.15) is 0 Å². The van der Waals surface area contributed by atoms with E-state index >= 15 is 0 Å². The lowest BCUT2D eigenvalue weighted by atomic mass is 10.0. The third-order valence-corrected chi connectivity index (χ3v) is 12.5. The third kappa shape index (κ3) is 44.7. The quantitative estimate of drug-likeness (QED) is 0.0245. The van der Waals surface area contributed by atoms with Gasteiger partial charge < -0.3 is 20.3 Å². The monoisotopic (exact) mass is 872 g/mol. The highest BCUT2D eigenvalue weighted by molar-refractivity contribution is 5.77. The number of aliphatic hydroxyl groups is 2. The highest BCUT2D eigenvalue weighted by atomic mass is 16.5. The van der Waals surface area contributed by atoms with Crippen LogP contribution in [0, 0.1) is 0 Å². The number of allylic oxidation sites excluding steroid dienone is 6. The zero-order valence-corrected chi connectivity index (χ0v) is 41.5. The normalized spacial score (nSPS) is 13.4. The Labute approximate surface area is 385 Å². The van der Waals surface area contributed by atoms with Gasteiger partial charge in [-0.1, -0.05) is 231 Å². The lowest BCUT2D eigenvalue weighted by Gasteiger charge is -2.24. The topological polar surface area (TPSA) is 95.9 Å². The van der Waals surface area contributed by atoms with Crippen molar-refractivity contribution in [1.82, 2.24) is 5.32 Å². The first-order valence-corrected chi connectivity index (χ1v) is 27.2. The number of unbranched alkanes of at least 4 members (excludes halogenated alkanes) is 32. The number of aliphatic hydroxyl groups excluding tert-OH is 2.